The van der Waals surface area contributed by atoms with Crippen molar-refractivity contribution in [1.29, 1.82) is 0 Å². The van der Waals surface area contributed by atoms with Crippen molar-refractivity contribution in [3.05, 3.63) is 29.8 Å². The minimum absolute atomic E-state index is 0.0462. The summed E-state index contributed by atoms with van der Waals surface area (Å²) in [5.74, 6) is 1.30. The fourth-order valence-electron chi connectivity index (χ4n) is 6.60. The number of benzene rings is 1. The first-order chi connectivity index (χ1) is 13.3. The molecule has 4 fully saturated rings. The third kappa shape index (κ3) is 3.09. The van der Waals surface area contributed by atoms with Gasteiger partial charge in [-0.3, -0.25) is 9.10 Å². The van der Waals surface area contributed by atoms with Crippen molar-refractivity contribution < 1.29 is 13.2 Å². The first-order valence-corrected chi connectivity index (χ1v) is 12.7. The summed E-state index contributed by atoms with van der Waals surface area (Å²) in [6.45, 7) is 0.682. The number of nitrogens with one attached hydrogen (secondary N) is 1. The maximum absolute atomic E-state index is 13.1. The normalized spacial score (nSPS) is 35.8. The zero-order valence-electron chi connectivity index (χ0n) is 16.0. The van der Waals surface area contributed by atoms with E-state index in [4.69, 9.17) is 0 Å². The zero-order valence-corrected chi connectivity index (χ0v) is 18.4. The molecule has 2 unspecified atom stereocenters. The second kappa shape index (κ2) is 6.46. The molecular weight excluding hydrogens is 440 g/mol. The Kier molecular flexibility index (Phi) is 4.36. The van der Waals surface area contributed by atoms with Crippen molar-refractivity contribution in [3.63, 3.8) is 0 Å². The predicted molar refractivity (Wildman–Crippen MR) is 113 cm³/mol. The summed E-state index contributed by atoms with van der Waals surface area (Å²) in [5, 5.41) is 2.99. The van der Waals surface area contributed by atoms with Gasteiger partial charge in [-0.25, -0.2) is 8.42 Å². The number of nitrogens with zero attached hydrogens (tertiary/aromatic N) is 1. The van der Waals surface area contributed by atoms with E-state index in [1.165, 1.54) is 23.6 Å². The van der Waals surface area contributed by atoms with Gasteiger partial charge < -0.3 is 5.32 Å². The van der Waals surface area contributed by atoms with Gasteiger partial charge in [0.15, 0.2) is 0 Å². The van der Waals surface area contributed by atoms with Crippen LogP contribution in [0.5, 0.6) is 0 Å². The van der Waals surface area contributed by atoms with E-state index in [-0.39, 0.29) is 27.9 Å². The number of carbonyl (C=O) groups excluding carboxylic acids is 1. The highest BCUT2D eigenvalue weighted by atomic mass is 79.9. The summed E-state index contributed by atoms with van der Waals surface area (Å²) in [4.78, 5) is 13.1. The maximum atomic E-state index is 13.1. The van der Waals surface area contributed by atoms with E-state index < -0.39 is 10.0 Å². The molecule has 1 aromatic rings. The second-order valence-corrected chi connectivity index (χ2v) is 13.1. The standard InChI is InChI=1S/C21H27BrN2O3S/c22-21-12-15-9-16(13-21)11-20(10-15,14-21)19(25)23-6-8-28(26,27)24-7-5-17-3-1-2-4-18(17)24/h1-4,15-16H,5-14H2,(H,23,25). The van der Waals surface area contributed by atoms with Crippen molar-refractivity contribution in [2.24, 2.45) is 17.3 Å². The molecule has 1 aromatic carbocycles. The van der Waals surface area contributed by atoms with Gasteiger partial charge in [-0.15, -0.1) is 0 Å². The Hall–Kier alpha value is -1.08. The highest BCUT2D eigenvalue weighted by Gasteiger charge is 2.59. The van der Waals surface area contributed by atoms with Gasteiger partial charge in [-0.1, -0.05) is 34.1 Å². The van der Waals surface area contributed by atoms with Crippen LogP contribution in [-0.4, -0.2) is 37.5 Å². The van der Waals surface area contributed by atoms with E-state index in [1.807, 2.05) is 24.3 Å². The molecule has 152 valence electrons. The van der Waals surface area contributed by atoms with Crippen LogP contribution in [0.15, 0.2) is 24.3 Å². The Morgan fingerprint density at radius 1 is 1.18 bits per heavy atom. The number of rotatable bonds is 5. The zero-order chi connectivity index (χ0) is 19.6. The first-order valence-electron chi connectivity index (χ1n) is 10.3. The highest BCUT2D eigenvalue weighted by Crippen LogP contribution is 2.64. The molecule has 4 aliphatic carbocycles. The maximum Gasteiger partial charge on any atom is 0.236 e. The summed E-state index contributed by atoms with van der Waals surface area (Å²) in [6, 6.07) is 7.66. The van der Waals surface area contributed by atoms with E-state index in [0.717, 1.165) is 36.9 Å². The molecule has 1 N–H and O–H groups in total. The van der Waals surface area contributed by atoms with Gasteiger partial charge in [0.1, 0.15) is 0 Å². The number of amides is 1. The Morgan fingerprint density at radius 2 is 1.89 bits per heavy atom. The van der Waals surface area contributed by atoms with Crippen LogP contribution >= 0.6 is 15.9 Å². The number of hydrogen-bond acceptors (Lipinski definition) is 3. The Balaban J connectivity index is 1.23. The molecule has 0 radical (unpaired) electrons. The molecule has 4 bridgehead atoms. The predicted octanol–water partition coefficient (Wildman–Crippen LogP) is 3.23. The van der Waals surface area contributed by atoms with Crippen LogP contribution in [0.1, 0.15) is 44.1 Å². The fourth-order valence-corrected chi connectivity index (χ4v) is 9.48. The van der Waals surface area contributed by atoms with E-state index in [2.05, 4.69) is 21.2 Å². The fraction of sp³-hybridized carbons (Fsp3) is 0.667. The number of halogens is 1. The summed E-state index contributed by atoms with van der Waals surface area (Å²) in [6.07, 6.45) is 7.20. The second-order valence-electron chi connectivity index (χ2n) is 9.42. The van der Waals surface area contributed by atoms with Crippen LogP contribution in [0.25, 0.3) is 0 Å². The third-order valence-electron chi connectivity index (χ3n) is 7.30. The lowest BCUT2D eigenvalue weighted by atomic mass is 9.49. The smallest absolute Gasteiger partial charge is 0.236 e. The average Bonchev–Trinajstić information content (AvgIpc) is 3.04. The van der Waals surface area contributed by atoms with Gasteiger partial charge in [0, 0.05) is 17.4 Å². The largest absolute Gasteiger partial charge is 0.355 e. The number of sulfonamides is 1. The Morgan fingerprint density at radius 3 is 2.61 bits per heavy atom. The third-order valence-corrected chi connectivity index (χ3v) is 10.00. The van der Waals surface area contributed by atoms with Gasteiger partial charge >= 0.3 is 0 Å². The Bertz CT molecular complexity index is 902. The van der Waals surface area contributed by atoms with E-state index in [0.29, 0.717) is 18.4 Å². The molecule has 1 aliphatic heterocycles. The van der Waals surface area contributed by atoms with E-state index in [9.17, 15) is 13.2 Å². The molecule has 0 aromatic heterocycles. The highest BCUT2D eigenvalue weighted by molar-refractivity contribution is 9.10. The monoisotopic (exact) mass is 466 g/mol. The molecular formula is C21H27BrN2O3S. The van der Waals surface area contributed by atoms with Gasteiger partial charge in [-0.05, 0) is 68.4 Å². The molecule has 1 heterocycles. The first kappa shape index (κ1) is 18.9. The van der Waals surface area contributed by atoms with Crippen molar-refractivity contribution in [2.75, 3.05) is 23.1 Å². The van der Waals surface area contributed by atoms with Crippen molar-refractivity contribution in [2.45, 2.75) is 49.3 Å². The number of anilines is 1. The number of carbonyl (C=O) groups is 1. The molecule has 2 atom stereocenters. The van der Waals surface area contributed by atoms with Crippen LogP contribution in [-0.2, 0) is 21.2 Å². The van der Waals surface area contributed by atoms with Gasteiger partial charge in [0.25, 0.3) is 0 Å². The van der Waals surface area contributed by atoms with Crippen molar-refractivity contribution in [1.82, 2.24) is 5.32 Å². The molecule has 0 saturated heterocycles. The van der Waals surface area contributed by atoms with Crippen LogP contribution in [0.2, 0.25) is 0 Å². The number of alkyl halides is 1. The molecule has 6 rings (SSSR count). The molecule has 1 amide bonds. The van der Waals surface area contributed by atoms with Crippen LogP contribution in [0, 0.1) is 17.3 Å². The lowest BCUT2D eigenvalue weighted by molar-refractivity contribution is -0.143. The number of fused-ring (bicyclic) bond motifs is 1. The topological polar surface area (TPSA) is 66.5 Å². The van der Waals surface area contributed by atoms with E-state index in [1.54, 1.807) is 0 Å². The van der Waals surface area contributed by atoms with Gasteiger partial charge in [-0.2, -0.15) is 0 Å². The van der Waals surface area contributed by atoms with Gasteiger partial charge in [0.05, 0.1) is 16.9 Å². The molecule has 5 nitrogen and oxygen atoms in total. The summed E-state index contributed by atoms with van der Waals surface area (Å²) in [5.41, 5.74) is 1.57. The summed E-state index contributed by atoms with van der Waals surface area (Å²) < 4.78 is 27.3. The Labute approximate surface area is 175 Å². The van der Waals surface area contributed by atoms with Crippen molar-refractivity contribution >= 4 is 37.5 Å². The summed E-state index contributed by atoms with van der Waals surface area (Å²) in [7, 11) is -3.43. The lowest BCUT2D eigenvalue weighted by Crippen LogP contribution is -2.58. The molecule has 7 heteroatoms. The van der Waals surface area contributed by atoms with Crippen LogP contribution in [0.4, 0.5) is 5.69 Å². The SMILES string of the molecule is O=C(NCCS(=O)(=O)N1CCc2ccccc21)C12CC3CC(CC(Br)(C3)C1)C2. The lowest BCUT2D eigenvalue weighted by Gasteiger charge is -2.59. The minimum atomic E-state index is -3.43. The minimum Gasteiger partial charge on any atom is -0.355 e. The molecule has 0 spiro atoms. The molecule has 5 aliphatic rings. The van der Waals surface area contributed by atoms with E-state index >= 15 is 0 Å². The van der Waals surface area contributed by atoms with Crippen LogP contribution in [0.3, 0.4) is 0 Å². The average molecular weight is 467 g/mol. The summed E-state index contributed by atoms with van der Waals surface area (Å²) >= 11 is 3.94. The van der Waals surface area contributed by atoms with Crippen LogP contribution < -0.4 is 9.62 Å². The number of hydrogen-bond donors (Lipinski definition) is 1. The van der Waals surface area contributed by atoms with Gasteiger partial charge in [0.2, 0.25) is 15.9 Å². The number of para-hydroxylation sites is 1. The van der Waals surface area contributed by atoms with Crippen molar-refractivity contribution in [3.8, 4) is 0 Å². The quantitative estimate of drug-likeness (QED) is 0.677. The molecule has 4 saturated carbocycles. The molecule has 28 heavy (non-hydrogen) atoms.